The number of ketones is 2. The monoisotopic (exact) mass is 418 g/mol. The third-order valence-electron chi connectivity index (χ3n) is 5.10. The molecule has 1 aliphatic carbocycles. The minimum absolute atomic E-state index is 0.115. The van der Waals surface area contributed by atoms with Crippen LogP contribution in [0, 0.1) is 13.8 Å². The molecule has 0 saturated carbocycles. The number of hydrogen-bond donors (Lipinski definition) is 1. The van der Waals surface area contributed by atoms with Crippen molar-refractivity contribution >= 4 is 29.1 Å². The fraction of sp³-hybridized carbons (Fsp3) is 0.174. The van der Waals surface area contributed by atoms with E-state index in [1.807, 2.05) is 0 Å². The van der Waals surface area contributed by atoms with Crippen LogP contribution in [-0.2, 0) is 9.53 Å². The minimum atomic E-state index is -1.17. The zero-order valence-corrected chi connectivity index (χ0v) is 17.0. The van der Waals surface area contributed by atoms with Crippen LogP contribution in [-0.4, -0.2) is 34.7 Å². The second-order valence-electron chi connectivity index (χ2n) is 7.17. The van der Waals surface area contributed by atoms with Crippen LogP contribution in [0.4, 0.5) is 5.69 Å². The molecule has 1 atom stereocenters. The fourth-order valence-electron chi connectivity index (χ4n) is 3.53. The van der Waals surface area contributed by atoms with Crippen LogP contribution in [0.15, 0.2) is 47.0 Å². The molecule has 0 aliphatic heterocycles. The highest BCUT2D eigenvalue weighted by Crippen LogP contribution is 2.32. The zero-order chi connectivity index (χ0) is 22.3. The Balaban J connectivity index is 1.58. The Bertz CT molecular complexity index is 1240. The van der Waals surface area contributed by atoms with Crippen LogP contribution in [0.25, 0.3) is 0 Å². The van der Waals surface area contributed by atoms with E-state index in [9.17, 15) is 19.2 Å². The number of carbonyl (C=O) groups excluding carboxylic acids is 4. The van der Waals surface area contributed by atoms with Crippen molar-refractivity contribution in [2.45, 2.75) is 26.9 Å². The van der Waals surface area contributed by atoms with E-state index < -0.39 is 18.0 Å². The van der Waals surface area contributed by atoms with E-state index in [0.717, 1.165) is 0 Å². The van der Waals surface area contributed by atoms with E-state index >= 15 is 0 Å². The van der Waals surface area contributed by atoms with Crippen LogP contribution in [0.2, 0.25) is 0 Å². The summed E-state index contributed by atoms with van der Waals surface area (Å²) in [6.07, 6.45) is -1.17. The summed E-state index contributed by atoms with van der Waals surface area (Å²) in [7, 11) is 0. The summed E-state index contributed by atoms with van der Waals surface area (Å²) in [5.74, 6) is -1.75. The average Bonchev–Trinajstić information content (AvgIpc) is 3.09. The Morgan fingerprint density at radius 3 is 2.26 bits per heavy atom. The van der Waals surface area contributed by atoms with Crippen molar-refractivity contribution < 1.29 is 28.4 Å². The molecule has 31 heavy (non-hydrogen) atoms. The number of hydrogen-bond acceptors (Lipinski definition) is 7. The highest BCUT2D eigenvalue weighted by molar-refractivity contribution is 6.30. The molecule has 0 saturated heterocycles. The fourth-order valence-corrected chi connectivity index (χ4v) is 3.53. The van der Waals surface area contributed by atoms with Gasteiger partial charge in [0.1, 0.15) is 11.3 Å². The first kappa shape index (κ1) is 20.2. The lowest BCUT2D eigenvalue weighted by molar-refractivity contribution is -0.123. The molecular weight excluding hydrogens is 400 g/mol. The Labute approximate surface area is 177 Å². The second-order valence-corrected chi connectivity index (χ2v) is 7.17. The first-order valence-electron chi connectivity index (χ1n) is 9.55. The number of carbonyl (C=O) groups is 4. The maximum absolute atomic E-state index is 13.0. The average molecular weight is 418 g/mol. The van der Waals surface area contributed by atoms with Crippen LogP contribution < -0.4 is 5.32 Å². The highest BCUT2D eigenvalue weighted by atomic mass is 16.5. The predicted molar refractivity (Wildman–Crippen MR) is 109 cm³/mol. The van der Waals surface area contributed by atoms with Crippen molar-refractivity contribution in [2.75, 3.05) is 5.32 Å². The molecule has 8 nitrogen and oxygen atoms in total. The molecule has 0 spiro atoms. The Morgan fingerprint density at radius 2 is 1.61 bits per heavy atom. The quantitative estimate of drug-likeness (QED) is 0.506. The highest BCUT2D eigenvalue weighted by Gasteiger charge is 2.32. The summed E-state index contributed by atoms with van der Waals surface area (Å²) in [6.45, 7) is 4.57. The molecule has 1 unspecified atom stereocenters. The summed E-state index contributed by atoms with van der Waals surface area (Å²) in [5, 5.41) is 6.30. The van der Waals surface area contributed by atoms with Crippen LogP contribution in [0.5, 0.6) is 0 Å². The lowest BCUT2D eigenvalue weighted by Gasteiger charge is -2.21. The van der Waals surface area contributed by atoms with Crippen LogP contribution >= 0.6 is 0 Å². The number of esters is 1. The molecule has 3 aromatic rings. The largest absolute Gasteiger partial charge is 0.449 e. The summed E-state index contributed by atoms with van der Waals surface area (Å²) >= 11 is 0. The standard InChI is InChI=1S/C23H18N2O6/c1-11-18(12(2)31-25-11)23(29)30-13(3)22(28)24-17-10-6-9-16-19(17)21(27)15-8-5-4-7-14(15)20(16)26/h4-10,13H,1-3H3,(H,24,28). The number of aromatic nitrogens is 1. The molecule has 1 N–H and O–H groups in total. The molecule has 1 heterocycles. The van der Waals surface area contributed by atoms with Crippen molar-refractivity contribution in [2.24, 2.45) is 0 Å². The predicted octanol–water partition coefficient (Wildman–Crippen LogP) is 3.25. The molecule has 8 heteroatoms. The summed E-state index contributed by atoms with van der Waals surface area (Å²) < 4.78 is 10.2. The van der Waals surface area contributed by atoms with Gasteiger partial charge < -0.3 is 14.6 Å². The number of nitrogens with zero attached hydrogens (tertiary/aromatic N) is 1. The number of aryl methyl sites for hydroxylation is 2. The van der Waals surface area contributed by atoms with E-state index in [-0.39, 0.29) is 45.3 Å². The lowest BCUT2D eigenvalue weighted by atomic mass is 9.83. The van der Waals surface area contributed by atoms with Gasteiger partial charge in [-0.05, 0) is 26.8 Å². The Kier molecular flexibility index (Phi) is 4.98. The second kappa shape index (κ2) is 7.64. The number of amides is 1. The number of nitrogens with one attached hydrogen (secondary N) is 1. The molecule has 1 amide bonds. The molecule has 2 aromatic carbocycles. The topological polar surface area (TPSA) is 116 Å². The van der Waals surface area contributed by atoms with Crippen LogP contribution in [0.3, 0.4) is 0 Å². The van der Waals surface area contributed by atoms with Gasteiger partial charge in [-0.2, -0.15) is 0 Å². The molecule has 0 radical (unpaired) electrons. The zero-order valence-electron chi connectivity index (χ0n) is 17.0. The van der Waals surface area contributed by atoms with Gasteiger partial charge in [-0.15, -0.1) is 0 Å². The molecular formula is C23H18N2O6. The van der Waals surface area contributed by atoms with Crippen molar-refractivity contribution in [1.29, 1.82) is 0 Å². The smallest absolute Gasteiger partial charge is 0.344 e. The minimum Gasteiger partial charge on any atom is -0.449 e. The van der Waals surface area contributed by atoms with Crippen molar-refractivity contribution in [1.82, 2.24) is 5.16 Å². The van der Waals surface area contributed by atoms with Gasteiger partial charge in [0.25, 0.3) is 5.91 Å². The van der Waals surface area contributed by atoms with Gasteiger partial charge >= 0.3 is 5.97 Å². The lowest BCUT2D eigenvalue weighted by Crippen LogP contribution is -2.31. The third kappa shape index (κ3) is 3.42. The summed E-state index contributed by atoms with van der Waals surface area (Å²) in [4.78, 5) is 50.9. The number of fused-ring (bicyclic) bond motifs is 2. The number of rotatable bonds is 4. The van der Waals surface area contributed by atoms with Crippen LogP contribution in [0.1, 0.15) is 60.6 Å². The summed E-state index contributed by atoms with van der Waals surface area (Å²) in [5.41, 5.74) is 1.62. The van der Waals surface area contributed by atoms with E-state index in [4.69, 9.17) is 9.26 Å². The molecule has 1 aliphatic rings. The molecule has 4 rings (SSSR count). The summed E-state index contributed by atoms with van der Waals surface area (Å²) in [6, 6.07) is 11.2. The van der Waals surface area contributed by atoms with Crippen molar-refractivity contribution in [3.63, 3.8) is 0 Å². The van der Waals surface area contributed by atoms with Gasteiger partial charge in [-0.25, -0.2) is 4.79 Å². The van der Waals surface area contributed by atoms with Gasteiger partial charge in [0.05, 0.1) is 16.9 Å². The van der Waals surface area contributed by atoms with Crippen molar-refractivity contribution in [3.8, 4) is 0 Å². The maximum Gasteiger partial charge on any atom is 0.344 e. The number of anilines is 1. The molecule has 0 fully saturated rings. The van der Waals surface area contributed by atoms with Gasteiger partial charge in [0.2, 0.25) is 0 Å². The van der Waals surface area contributed by atoms with E-state index in [2.05, 4.69) is 10.5 Å². The van der Waals surface area contributed by atoms with E-state index in [1.165, 1.54) is 13.0 Å². The van der Waals surface area contributed by atoms with E-state index in [1.54, 1.807) is 50.2 Å². The first-order valence-corrected chi connectivity index (χ1v) is 9.55. The van der Waals surface area contributed by atoms with Gasteiger partial charge in [-0.3, -0.25) is 14.4 Å². The normalized spacial score (nSPS) is 13.3. The number of benzene rings is 2. The Hall–Kier alpha value is -4.07. The van der Waals surface area contributed by atoms with Gasteiger partial charge in [0.15, 0.2) is 17.7 Å². The van der Waals surface area contributed by atoms with E-state index in [0.29, 0.717) is 11.3 Å². The first-order chi connectivity index (χ1) is 14.8. The molecule has 156 valence electrons. The van der Waals surface area contributed by atoms with Crippen molar-refractivity contribution in [3.05, 3.63) is 81.7 Å². The molecule has 1 aromatic heterocycles. The number of ether oxygens (including phenoxy) is 1. The SMILES string of the molecule is Cc1noc(C)c1C(=O)OC(C)C(=O)Nc1cccc2c1C(=O)c1ccccc1C2=O. The van der Waals surface area contributed by atoms with Gasteiger partial charge in [-0.1, -0.05) is 41.6 Å². The molecule has 0 bridgehead atoms. The van der Waals surface area contributed by atoms with Gasteiger partial charge in [0, 0.05) is 16.7 Å². The maximum atomic E-state index is 13.0. The third-order valence-corrected chi connectivity index (χ3v) is 5.10. The Morgan fingerprint density at radius 1 is 0.968 bits per heavy atom.